The lowest BCUT2D eigenvalue weighted by Gasteiger charge is -2.10. The number of aryl methyl sites for hydroxylation is 2. The predicted molar refractivity (Wildman–Crippen MR) is 103 cm³/mol. The highest BCUT2D eigenvalue weighted by Crippen LogP contribution is 2.21. The molecule has 0 aliphatic rings. The number of nitrogens with zero attached hydrogens (tertiary/aromatic N) is 3. The molecule has 7 nitrogen and oxygen atoms in total. The molecule has 26 heavy (non-hydrogen) atoms. The van der Waals surface area contributed by atoms with Crippen LogP contribution in [0.2, 0.25) is 0 Å². The Kier molecular flexibility index (Phi) is 5.07. The molecule has 2 aromatic carbocycles. The topological polar surface area (TPSA) is 91.8 Å². The molecule has 1 aromatic heterocycles. The maximum Gasteiger partial charge on any atom is 0.249 e. The lowest BCUT2D eigenvalue weighted by atomic mass is 10.1. The van der Waals surface area contributed by atoms with E-state index in [1.165, 1.54) is 18.7 Å². The van der Waals surface area contributed by atoms with Gasteiger partial charge in [-0.2, -0.15) is 10.1 Å². The van der Waals surface area contributed by atoms with Crippen LogP contribution in [0.3, 0.4) is 0 Å². The van der Waals surface area contributed by atoms with Crippen molar-refractivity contribution < 1.29 is 4.79 Å². The Morgan fingerprint density at radius 2 is 1.81 bits per heavy atom. The summed E-state index contributed by atoms with van der Waals surface area (Å²) in [5.41, 5.74) is 4.73. The molecule has 0 saturated carbocycles. The summed E-state index contributed by atoms with van der Waals surface area (Å²) < 4.78 is 0. The van der Waals surface area contributed by atoms with Gasteiger partial charge >= 0.3 is 0 Å². The minimum absolute atomic E-state index is 0.120. The highest BCUT2D eigenvalue weighted by Gasteiger charge is 2.05. The Bertz CT molecular complexity index is 941. The molecule has 0 aliphatic carbocycles. The minimum atomic E-state index is -0.120. The van der Waals surface area contributed by atoms with Gasteiger partial charge in [-0.3, -0.25) is 4.79 Å². The molecule has 0 radical (unpaired) electrons. The van der Waals surface area contributed by atoms with Crippen LogP contribution in [0, 0.1) is 13.8 Å². The van der Waals surface area contributed by atoms with E-state index in [2.05, 4.69) is 44.1 Å². The van der Waals surface area contributed by atoms with Gasteiger partial charge in [-0.25, -0.2) is 0 Å². The van der Waals surface area contributed by atoms with Crippen molar-refractivity contribution >= 4 is 34.7 Å². The van der Waals surface area contributed by atoms with Gasteiger partial charge < -0.3 is 16.0 Å². The first kappa shape index (κ1) is 17.3. The predicted octanol–water partition coefficient (Wildman–Crippen LogP) is 3.93. The molecule has 132 valence electrons. The molecule has 1 amide bonds. The van der Waals surface area contributed by atoms with Gasteiger partial charge in [-0.05, 0) is 43.7 Å². The maximum atomic E-state index is 11.2. The first-order chi connectivity index (χ1) is 12.5. The maximum absolute atomic E-state index is 11.2. The quantitative estimate of drug-likeness (QED) is 0.647. The number of amides is 1. The average Bonchev–Trinajstić information content (AvgIpc) is 2.57. The largest absolute Gasteiger partial charge is 0.339 e. The Balaban J connectivity index is 1.76. The zero-order valence-electron chi connectivity index (χ0n) is 14.9. The van der Waals surface area contributed by atoms with Crippen molar-refractivity contribution in [2.75, 3.05) is 16.0 Å². The van der Waals surface area contributed by atoms with Crippen molar-refractivity contribution in [2.45, 2.75) is 20.8 Å². The van der Waals surface area contributed by atoms with Crippen LogP contribution in [0.15, 0.2) is 48.7 Å². The van der Waals surface area contributed by atoms with E-state index in [1.54, 1.807) is 0 Å². The van der Waals surface area contributed by atoms with Crippen molar-refractivity contribution in [1.29, 1.82) is 0 Å². The molecule has 0 atom stereocenters. The van der Waals surface area contributed by atoms with Crippen LogP contribution in [-0.4, -0.2) is 21.1 Å². The Morgan fingerprint density at radius 3 is 2.58 bits per heavy atom. The van der Waals surface area contributed by atoms with Crippen LogP contribution < -0.4 is 16.0 Å². The summed E-state index contributed by atoms with van der Waals surface area (Å²) in [6.07, 6.45) is 1.54. The van der Waals surface area contributed by atoms with Gasteiger partial charge in [0.25, 0.3) is 0 Å². The third-order valence-electron chi connectivity index (χ3n) is 3.64. The van der Waals surface area contributed by atoms with Gasteiger partial charge in [0.05, 0.1) is 6.20 Å². The number of hydrogen-bond donors (Lipinski definition) is 3. The first-order valence-corrected chi connectivity index (χ1v) is 8.18. The van der Waals surface area contributed by atoms with Crippen LogP contribution in [0.4, 0.5) is 28.8 Å². The van der Waals surface area contributed by atoms with Gasteiger partial charge in [0.1, 0.15) is 0 Å². The van der Waals surface area contributed by atoms with Crippen molar-refractivity contribution in [2.24, 2.45) is 0 Å². The smallest absolute Gasteiger partial charge is 0.249 e. The fourth-order valence-electron chi connectivity index (χ4n) is 2.52. The summed E-state index contributed by atoms with van der Waals surface area (Å²) in [5.74, 6) is 0.831. The SMILES string of the molecule is CC(=O)Nc1cccc(Nc2cnnc(Nc3ccc(C)cc3C)n2)c1. The van der Waals surface area contributed by atoms with E-state index in [-0.39, 0.29) is 5.91 Å². The van der Waals surface area contributed by atoms with E-state index in [0.29, 0.717) is 17.5 Å². The summed E-state index contributed by atoms with van der Waals surface area (Å²) >= 11 is 0. The third kappa shape index (κ3) is 4.54. The number of nitrogens with one attached hydrogen (secondary N) is 3. The molecular weight excluding hydrogens is 328 g/mol. The van der Waals surface area contributed by atoms with Gasteiger partial charge in [0.15, 0.2) is 5.82 Å². The Labute approximate surface area is 151 Å². The van der Waals surface area contributed by atoms with Crippen molar-refractivity contribution in [3.8, 4) is 0 Å². The number of anilines is 5. The normalized spacial score (nSPS) is 10.3. The lowest BCUT2D eigenvalue weighted by molar-refractivity contribution is -0.114. The molecule has 3 aromatic rings. The second kappa shape index (κ2) is 7.60. The lowest BCUT2D eigenvalue weighted by Crippen LogP contribution is -2.06. The van der Waals surface area contributed by atoms with Gasteiger partial charge in [-0.15, -0.1) is 5.10 Å². The molecule has 3 N–H and O–H groups in total. The molecule has 1 heterocycles. The number of aromatic nitrogens is 3. The number of carbonyl (C=O) groups excluding carboxylic acids is 1. The third-order valence-corrected chi connectivity index (χ3v) is 3.64. The molecule has 3 rings (SSSR count). The Hall–Kier alpha value is -3.48. The first-order valence-electron chi connectivity index (χ1n) is 8.18. The second-order valence-corrected chi connectivity index (χ2v) is 6.00. The van der Waals surface area contributed by atoms with Crippen LogP contribution in [0.5, 0.6) is 0 Å². The van der Waals surface area contributed by atoms with Gasteiger partial charge in [0.2, 0.25) is 11.9 Å². The standard InChI is InChI=1S/C19H20N6O/c1-12-7-8-17(13(2)9-12)23-19-24-18(11-20-25-19)22-16-6-4-5-15(10-16)21-14(3)26/h4-11H,1-3H3,(H,21,26)(H2,22,23,24,25). The molecule has 0 aliphatic heterocycles. The molecule has 0 bridgehead atoms. The van der Waals surface area contributed by atoms with Crippen molar-refractivity contribution in [1.82, 2.24) is 15.2 Å². The molecule has 0 spiro atoms. The highest BCUT2D eigenvalue weighted by atomic mass is 16.1. The van der Waals surface area contributed by atoms with E-state index in [1.807, 2.05) is 43.3 Å². The molecular formula is C19H20N6O. The van der Waals surface area contributed by atoms with Gasteiger partial charge in [-0.1, -0.05) is 23.8 Å². The highest BCUT2D eigenvalue weighted by molar-refractivity contribution is 5.89. The second-order valence-electron chi connectivity index (χ2n) is 6.00. The van der Waals surface area contributed by atoms with E-state index < -0.39 is 0 Å². The van der Waals surface area contributed by atoms with Crippen LogP contribution in [0.25, 0.3) is 0 Å². The summed E-state index contributed by atoms with van der Waals surface area (Å²) in [6, 6.07) is 13.5. The molecule has 7 heteroatoms. The number of rotatable bonds is 5. The van der Waals surface area contributed by atoms with E-state index >= 15 is 0 Å². The number of carbonyl (C=O) groups is 1. The zero-order chi connectivity index (χ0) is 18.5. The number of benzene rings is 2. The average molecular weight is 348 g/mol. The summed E-state index contributed by atoms with van der Waals surface area (Å²) in [5, 5.41) is 17.1. The van der Waals surface area contributed by atoms with Gasteiger partial charge in [0, 0.05) is 24.0 Å². The minimum Gasteiger partial charge on any atom is -0.339 e. The van der Waals surface area contributed by atoms with Crippen molar-refractivity contribution in [3.63, 3.8) is 0 Å². The van der Waals surface area contributed by atoms with E-state index in [9.17, 15) is 4.79 Å². The summed E-state index contributed by atoms with van der Waals surface area (Å²) in [6.45, 7) is 5.55. The zero-order valence-corrected chi connectivity index (χ0v) is 14.9. The van der Waals surface area contributed by atoms with Crippen LogP contribution in [0.1, 0.15) is 18.1 Å². The fourth-order valence-corrected chi connectivity index (χ4v) is 2.52. The van der Waals surface area contributed by atoms with E-state index in [0.717, 1.165) is 16.9 Å². The summed E-state index contributed by atoms with van der Waals surface area (Å²) in [4.78, 5) is 15.6. The Morgan fingerprint density at radius 1 is 1.00 bits per heavy atom. The monoisotopic (exact) mass is 348 g/mol. The van der Waals surface area contributed by atoms with Crippen molar-refractivity contribution in [3.05, 3.63) is 59.8 Å². The van der Waals surface area contributed by atoms with E-state index in [4.69, 9.17) is 0 Å². The molecule has 0 unspecified atom stereocenters. The van der Waals surface area contributed by atoms with Crippen LogP contribution >= 0.6 is 0 Å². The number of hydrogen-bond acceptors (Lipinski definition) is 6. The fraction of sp³-hybridized carbons (Fsp3) is 0.158. The van der Waals surface area contributed by atoms with Crippen LogP contribution in [-0.2, 0) is 4.79 Å². The molecule has 0 fully saturated rings. The summed E-state index contributed by atoms with van der Waals surface area (Å²) in [7, 11) is 0. The molecule has 0 saturated heterocycles.